The summed E-state index contributed by atoms with van der Waals surface area (Å²) in [6.07, 6.45) is 0. The number of aryl methyl sites for hydroxylation is 1. The number of hydrogen-bond donors (Lipinski definition) is 1. The van der Waals surface area contributed by atoms with Crippen LogP contribution in [0.2, 0.25) is 5.02 Å². The zero-order chi connectivity index (χ0) is 17.6. The molecule has 3 nitrogen and oxygen atoms in total. The molecule has 0 spiro atoms. The number of rotatable bonds is 3. The number of fused-ring (bicyclic) bond motifs is 3. The van der Waals surface area contributed by atoms with Gasteiger partial charge in [-0.1, -0.05) is 54.1 Å². The number of primary amides is 1. The lowest BCUT2D eigenvalue weighted by Gasteiger charge is -2.11. The molecule has 0 aliphatic carbocycles. The van der Waals surface area contributed by atoms with Crippen molar-refractivity contribution >= 4 is 39.3 Å². The highest BCUT2D eigenvalue weighted by Crippen LogP contribution is 2.36. The van der Waals surface area contributed by atoms with Crippen molar-refractivity contribution in [3.05, 3.63) is 82.4 Å². The lowest BCUT2D eigenvalue weighted by Crippen LogP contribution is -2.11. The molecule has 0 fully saturated rings. The lowest BCUT2D eigenvalue weighted by molar-refractivity contribution is 0.100. The first-order valence-electron chi connectivity index (χ1n) is 8.11. The Kier molecular flexibility index (Phi) is 3.74. The van der Waals surface area contributed by atoms with E-state index in [0.29, 0.717) is 17.1 Å². The van der Waals surface area contributed by atoms with Gasteiger partial charge in [-0.05, 0) is 36.2 Å². The van der Waals surface area contributed by atoms with Gasteiger partial charge in [0.25, 0.3) is 0 Å². The number of nitrogens with two attached hydrogens (primary N) is 1. The highest BCUT2D eigenvalue weighted by atomic mass is 35.5. The van der Waals surface area contributed by atoms with Gasteiger partial charge in [0.2, 0.25) is 5.91 Å². The lowest BCUT2D eigenvalue weighted by atomic mass is 10.1. The van der Waals surface area contributed by atoms with Crippen LogP contribution >= 0.6 is 11.6 Å². The fourth-order valence-corrected chi connectivity index (χ4v) is 3.76. The average molecular weight is 349 g/mol. The molecule has 0 radical (unpaired) electrons. The van der Waals surface area contributed by atoms with Gasteiger partial charge in [-0.2, -0.15) is 0 Å². The SMILES string of the molecule is Cc1ccccc1Cn1c2cccc(C(N)=O)c2c2cccc(Cl)c21. The van der Waals surface area contributed by atoms with Crippen molar-refractivity contribution in [3.8, 4) is 0 Å². The van der Waals surface area contributed by atoms with Crippen LogP contribution in [0.4, 0.5) is 0 Å². The summed E-state index contributed by atoms with van der Waals surface area (Å²) in [5.74, 6) is -0.430. The first-order valence-corrected chi connectivity index (χ1v) is 8.49. The molecule has 0 saturated carbocycles. The third-order valence-electron chi connectivity index (χ3n) is 4.71. The number of para-hydroxylation sites is 1. The minimum absolute atomic E-state index is 0.430. The summed E-state index contributed by atoms with van der Waals surface area (Å²) in [7, 11) is 0. The van der Waals surface area contributed by atoms with Crippen LogP contribution in [-0.2, 0) is 6.54 Å². The van der Waals surface area contributed by atoms with E-state index in [1.807, 2.05) is 42.5 Å². The van der Waals surface area contributed by atoms with E-state index in [0.717, 1.165) is 21.8 Å². The molecule has 0 saturated heterocycles. The Morgan fingerprint density at radius 1 is 1.04 bits per heavy atom. The van der Waals surface area contributed by atoms with Crippen LogP contribution in [-0.4, -0.2) is 10.5 Å². The minimum Gasteiger partial charge on any atom is -0.366 e. The second-order valence-electron chi connectivity index (χ2n) is 6.21. The van der Waals surface area contributed by atoms with Crippen molar-refractivity contribution in [1.29, 1.82) is 0 Å². The molecule has 2 N–H and O–H groups in total. The Bertz CT molecular complexity index is 1130. The first kappa shape index (κ1) is 15.7. The highest BCUT2D eigenvalue weighted by Gasteiger charge is 2.18. The fraction of sp³-hybridized carbons (Fsp3) is 0.0952. The number of hydrogen-bond acceptors (Lipinski definition) is 1. The Morgan fingerprint density at radius 2 is 1.80 bits per heavy atom. The molecule has 0 aliphatic rings. The summed E-state index contributed by atoms with van der Waals surface area (Å²) in [4.78, 5) is 11.9. The summed E-state index contributed by atoms with van der Waals surface area (Å²) in [5.41, 5.74) is 10.5. The molecule has 4 rings (SSSR count). The first-order chi connectivity index (χ1) is 12.1. The molecule has 0 bridgehead atoms. The zero-order valence-corrected chi connectivity index (χ0v) is 14.5. The van der Waals surface area contributed by atoms with Crippen molar-refractivity contribution in [2.75, 3.05) is 0 Å². The summed E-state index contributed by atoms with van der Waals surface area (Å²) in [5, 5.41) is 2.48. The van der Waals surface area contributed by atoms with Crippen LogP contribution in [0.3, 0.4) is 0 Å². The van der Waals surface area contributed by atoms with E-state index in [-0.39, 0.29) is 0 Å². The fourth-order valence-electron chi connectivity index (χ4n) is 3.49. The third-order valence-corrected chi connectivity index (χ3v) is 5.02. The van der Waals surface area contributed by atoms with E-state index in [1.54, 1.807) is 6.07 Å². The molecular weight excluding hydrogens is 332 g/mol. The van der Waals surface area contributed by atoms with Crippen LogP contribution in [0.5, 0.6) is 0 Å². The average Bonchev–Trinajstić information content (AvgIpc) is 2.92. The van der Waals surface area contributed by atoms with Gasteiger partial charge in [0, 0.05) is 22.9 Å². The van der Waals surface area contributed by atoms with E-state index in [1.165, 1.54) is 11.1 Å². The van der Waals surface area contributed by atoms with E-state index < -0.39 is 5.91 Å². The molecular formula is C21H17ClN2O. The monoisotopic (exact) mass is 348 g/mol. The zero-order valence-electron chi connectivity index (χ0n) is 13.8. The molecule has 1 heterocycles. The number of nitrogens with zero attached hydrogens (tertiary/aromatic N) is 1. The van der Waals surface area contributed by atoms with Crippen LogP contribution in [0.25, 0.3) is 21.8 Å². The van der Waals surface area contributed by atoms with E-state index in [9.17, 15) is 4.79 Å². The summed E-state index contributed by atoms with van der Waals surface area (Å²) >= 11 is 6.53. The topological polar surface area (TPSA) is 48.0 Å². The summed E-state index contributed by atoms with van der Waals surface area (Å²) in [6, 6.07) is 19.7. The van der Waals surface area contributed by atoms with Crippen LogP contribution in [0, 0.1) is 6.92 Å². The number of aromatic nitrogens is 1. The number of benzene rings is 3. The minimum atomic E-state index is -0.430. The molecule has 0 atom stereocenters. The molecule has 4 heteroatoms. The van der Waals surface area contributed by atoms with Gasteiger partial charge in [0.1, 0.15) is 0 Å². The quantitative estimate of drug-likeness (QED) is 0.562. The smallest absolute Gasteiger partial charge is 0.249 e. The van der Waals surface area contributed by atoms with E-state index >= 15 is 0 Å². The molecule has 25 heavy (non-hydrogen) atoms. The van der Waals surface area contributed by atoms with E-state index in [2.05, 4.69) is 23.6 Å². The molecule has 1 amide bonds. The second kappa shape index (κ2) is 5.94. The van der Waals surface area contributed by atoms with Crippen LogP contribution < -0.4 is 5.73 Å². The Labute approximate surface area is 150 Å². The van der Waals surface area contributed by atoms with Gasteiger partial charge < -0.3 is 10.3 Å². The maximum atomic E-state index is 11.9. The van der Waals surface area contributed by atoms with Crippen molar-refractivity contribution in [3.63, 3.8) is 0 Å². The molecule has 4 aromatic rings. The predicted octanol–water partition coefficient (Wildman–Crippen LogP) is 4.90. The van der Waals surface area contributed by atoms with Gasteiger partial charge in [-0.15, -0.1) is 0 Å². The molecule has 124 valence electrons. The standard InChI is InChI=1S/C21H17ClN2O/c1-13-6-2-3-7-14(13)12-24-18-11-5-9-16(21(23)25)19(18)15-8-4-10-17(22)20(15)24/h2-11H,12H2,1H3,(H2,23,25). The largest absolute Gasteiger partial charge is 0.366 e. The second-order valence-corrected chi connectivity index (χ2v) is 6.62. The summed E-state index contributed by atoms with van der Waals surface area (Å²) in [6.45, 7) is 2.78. The van der Waals surface area contributed by atoms with Crippen molar-refractivity contribution in [1.82, 2.24) is 4.57 Å². The van der Waals surface area contributed by atoms with Gasteiger partial charge in [-0.25, -0.2) is 0 Å². The number of carbonyl (C=O) groups is 1. The molecule has 0 unspecified atom stereocenters. The number of halogens is 1. The third kappa shape index (κ3) is 2.48. The Hall–Kier alpha value is -2.78. The number of amides is 1. The number of carbonyl (C=O) groups excluding carboxylic acids is 1. The molecule has 3 aromatic carbocycles. The Morgan fingerprint density at radius 3 is 2.56 bits per heavy atom. The van der Waals surface area contributed by atoms with Gasteiger partial charge >= 0.3 is 0 Å². The van der Waals surface area contributed by atoms with Crippen LogP contribution in [0.1, 0.15) is 21.5 Å². The normalized spacial score (nSPS) is 11.3. The maximum absolute atomic E-state index is 11.9. The van der Waals surface area contributed by atoms with Crippen molar-refractivity contribution < 1.29 is 4.79 Å². The van der Waals surface area contributed by atoms with Gasteiger partial charge in [0.15, 0.2) is 0 Å². The van der Waals surface area contributed by atoms with Crippen molar-refractivity contribution in [2.45, 2.75) is 13.5 Å². The van der Waals surface area contributed by atoms with E-state index in [4.69, 9.17) is 17.3 Å². The molecule has 0 aliphatic heterocycles. The predicted molar refractivity (Wildman–Crippen MR) is 103 cm³/mol. The van der Waals surface area contributed by atoms with Crippen molar-refractivity contribution in [2.24, 2.45) is 5.73 Å². The van der Waals surface area contributed by atoms with Gasteiger partial charge in [0.05, 0.1) is 16.1 Å². The molecule has 1 aromatic heterocycles. The maximum Gasteiger partial charge on any atom is 0.249 e. The summed E-state index contributed by atoms with van der Waals surface area (Å²) < 4.78 is 2.17. The van der Waals surface area contributed by atoms with Gasteiger partial charge in [-0.3, -0.25) is 4.79 Å². The Balaban J connectivity index is 2.10. The highest BCUT2D eigenvalue weighted by molar-refractivity contribution is 6.37. The van der Waals surface area contributed by atoms with Crippen LogP contribution in [0.15, 0.2) is 60.7 Å².